The van der Waals surface area contributed by atoms with Gasteiger partial charge in [0.1, 0.15) is 48.0 Å². The lowest BCUT2D eigenvalue weighted by Crippen LogP contribution is -2.59. The minimum absolute atomic E-state index is 0.0574. The van der Waals surface area contributed by atoms with Gasteiger partial charge in [-0.3, -0.25) is 86.7 Å². The van der Waals surface area contributed by atoms with Gasteiger partial charge in [-0.2, -0.15) is 11.8 Å². The number of nitrogens with zero attached hydrogens (tertiary/aromatic N) is 4. The lowest BCUT2D eigenvalue weighted by Gasteiger charge is -2.32. The summed E-state index contributed by atoms with van der Waals surface area (Å²) < 4.78 is 5.74. The van der Waals surface area contributed by atoms with Crippen LogP contribution in [0.25, 0.3) is 10.9 Å². The first-order chi connectivity index (χ1) is 49.8. The molecule has 20 N–H and O–H groups in total. The van der Waals surface area contributed by atoms with E-state index in [0.717, 1.165) is 0 Å². The van der Waals surface area contributed by atoms with Gasteiger partial charge in [0.2, 0.25) is 59.1 Å². The smallest absolute Gasteiger partial charge is 0.317 e. The van der Waals surface area contributed by atoms with Crippen molar-refractivity contribution in [1.82, 2.24) is 77.8 Å². The Morgan fingerprint density at radius 2 is 1.10 bits per heavy atom. The number of para-hydroxylation sites is 1. The number of H-pyrrole nitrogens is 1. The van der Waals surface area contributed by atoms with Gasteiger partial charge in [-0.1, -0.05) is 58.0 Å². The number of carbonyl (C=O) groups excluding carboxylic acids is 11. The summed E-state index contributed by atoms with van der Waals surface area (Å²) in [5.41, 5.74) is 19.1. The Morgan fingerprint density at radius 1 is 0.581 bits per heavy atom. The van der Waals surface area contributed by atoms with Crippen LogP contribution in [-0.4, -0.2) is 276 Å². The number of aromatic amines is 1. The van der Waals surface area contributed by atoms with E-state index in [2.05, 4.69) is 58.2 Å². The fourth-order valence-electron chi connectivity index (χ4n) is 11.1. The van der Waals surface area contributed by atoms with Crippen LogP contribution in [0.5, 0.6) is 5.75 Å². The molecule has 1 fully saturated rings. The van der Waals surface area contributed by atoms with E-state index in [0.29, 0.717) is 33.5 Å². The number of carboxylic acids is 3. The number of benzene rings is 2. The average molecular weight is 1490 g/mol. The molecule has 7 atom stereocenters. The molecule has 1 aliphatic heterocycles. The van der Waals surface area contributed by atoms with Crippen LogP contribution in [0.2, 0.25) is 0 Å². The Labute approximate surface area is 613 Å². The van der Waals surface area contributed by atoms with Gasteiger partial charge in [0.15, 0.2) is 6.61 Å². The zero-order chi connectivity index (χ0) is 77.9. The fourth-order valence-corrected chi connectivity index (χ4v) is 11.5. The molecule has 0 spiro atoms. The molecule has 4 rings (SSSR count). The molecular formula is C68H104N18O18S. The maximum Gasteiger partial charge on any atom is 0.317 e. The molecule has 37 heteroatoms. The molecule has 1 saturated heterocycles. The van der Waals surface area contributed by atoms with E-state index in [9.17, 15) is 82.4 Å². The number of aliphatic carboxylic acids is 3. The number of carbonyl (C=O) groups is 14. The van der Waals surface area contributed by atoms with Crippen LogP contribution in [0.15, 0.2) is 66.6 Å². The Kier molecular flexibility index (Phi) is 37.6. The van der Waals surface area contributed by atoms with E-state index in [4.69, 9.17) is 21.9 Å². The van der Waals surface area contributed by atoms with Crippen LogP contribution in [-0.2, 0) is 80.1 Å². The number of thioether (sulfide) groups is 1. The largest absolute Gasteiger partial charge is 0.484 e. The maximum atomic E-state index is 14.4. The Balaban J connectivity index is 1.41. The summed E-state index contributed by atoms with van der Waals surface area (Å²) in [4.78, 5) is 194. The van der Waals surface area contributed by atoms with Gasteiger partial charge in [0.25, 0.3) is 5.91 Å². The first-order valence-corrected chi connectivity index (χ1v) is 35.8. The molecule has 580 valence electrons. The SMILES string of the molecule is CN/C(=C\N)C[C@H](NC(=O)CNC(=O)C(NC(=O)C(C)NC(=O)[C@H](Cc1c[nH]c2ccccc12)NC(=O)C(CCC(N)=O)NC(=O)COc1ccc(CNC(=O)CN2CCN(CC(=O)O)CCN(CC(=O)O)CCN(CC(=O)O)CC2)cc1)C(C)C)C(=O)NC(CC(C)C)C(=O)N[C@@H](CCSC)C(N)=O. The van der Waals surface area contributed by atoms with Gasteiger partial charge in [-0.25, -0.2) is 0 Å². The van der Waals surface area contributed by atoms with Crippen molar-refractivity contribution >= 4 is 106 Å². The molecule has 4 unspecified atom stereocenters. The van der Waals surface area contributed by atoms with Crippen LogP contribution < -0.4 is 75.1 Å². The van der Waals surface area contributed by atoms with Gasteiger partial charge in [0, 0.05) is 114 Å². The zero-order valence-corrected chi connectivity index (χ0v) is 61.2. The van der Waals surface area contributed by atoms with Crippen molar-refractivity contribution in [3.63, 3.8) is 0 Å². The third-order valence-corrected chi connectivity index (χ3v) is 17.5. The quantitative estimate of drug-likeness (QED) is 0.0257. The third-order valence-electron chi connectivity index (χ3n) is 16.9. The Hall–Kier alpha value is -10.1. The molecule has 36 nitrogen and oxygen atoms in total. The van der Waals surface area contributed by atoms with Crippen LogP contribution in [0.1, 0.15) is 77.8 Å². The highest BCUT2D eigenvalue weighted by atomic mass is 32.2. The van der Waals surface area contributed by atoms with Crippen molar-refractivity contribution in [2.75, 3.05) is 111 Å². The number of carboxylic acid groups (broad SMARTS) is 3. The number of fused-ring (bicyclic) bond motifs is 1. The van der Waals surface area contributed by atoms with E-state index in [1.165, 1.54) is 44.1 Å². The molecule has 2 aromatic carbocycles. The predicted octanol–water partition coefficient (Wildman–Crippen LogP) is -3.97. The van der Waals surface area contributed by atoms with Crippen molar-refractivity contribution in [3.8, 4) is 5.75 Å². The number of hydrogen-bond donors (Lipinski definition) is 17. The zero-order valence-electron chi connectivity index (χ0n) is 60.4. The minimum Gasteiger partial charge on any atom is -0.484 e. The van der Waals surface area contributed by atoms with Crippen LogP contribution in [0.4, 0.5) is 0 Å². The summed E-state index contributed by atoms with van der Waals surface area (Å²) in [7, 11) is 1.54. The lowest BCUT2D eigenvalue weighted by molar-refractivity contribution is -0.140. The third kappa shape index (κ3) is 32.6. The topological polar surface area (TPSA) is 536 Å². The van der Waals surface area contributed by atoms with Crippen molar-refractivity contribution in [3.05, 3.63) is 77.8 Å². The second kappa shape index (κ2) is 45.2. The van der Waals surface area contributed by atoms with E-state index in [1.54, 1.807) is 76.0 Å². The number of hydrogen-bond acceptors (Lipinski definition) is 22. The number of primary amides is 2. The molecule has 0 radical (unpaired) electrons. The summed E-state index contributed by atoms with van der Waals surface area (Å²) in [5, 5.41) is 55.7. The standard InChI is InChI=1S/C68H104N18O18S/c1-40(2)28-51(66(101)79-49(62(71)97)18-27-105-7)80-67(102)53(30-45(31-69)72-6)78-55(88)34-75-68(103)61(41(3)4)82-63(98)42(5)76-65(100)52(29-44-33-73-48-11-9-8-10-47(44)48)81-64(99)50(16-17-54(70)87)77-57(90)39-104-46-14-12-43(13-15-46)32-74-56(89)35-83-19-21-84(36-58(91)92)23-25-86(38-60(95)96)26-24-85(22-20-83)37-59(93)94/h8-15,31,33,40-42,49-53,61,72-73H,16-30,32,34-39,69H2,1-7H3,(H2,70,87)(H2,71,97)(H,74,89)(H,75,103)(H,76,100)(H,77,90)(H,78,88)(H,79,101)(H,80,102)(H,81,99)(H,82,98)(H,91,92)(H,93,94)(H,95,96)/b45-31-/t42?,49-,50?,51?,52-,53-,61?/m0/s1. The maximum absolute atomic E-state index is 14.4. The summed E-state index contributed by atoms with van der Waals surface area (Å²) in [6.45, 7) is 7.61. The Morgan fingerprint density at radius 3 is 1.63 bits per heavy atom. The number of nitrogens with two attached hydrogens (primary N) is 3. The number of amides is 11. The molecule has 3 aromatic rings. The summed E-state index contributed by atoms with van der Waals surface area (Å²) in [6.07, 6.45) is 4.00. The molecule has 1 aromatic heterocycles. The number of ether oxygens (including phenoxy) is 1. The van der Waals surface area contributed by atoms with Crippen LogP contribution >= 0.6 is 11.8 Å². The number of aromatic nitrogens is 1. The van der Waals surface area contributed by atoms with Crippen LogP contribution in [0, 0.1) is 11.8 Å². The number of nitrogens with one attached hydrogen (secondary N) is 11. The van der Waals surface area contributed by atoms with Crippen molar-refractivity contribution in [2.24, 2.45) is 29.0 Å². The lowest BCUT2D eigenvalue weighted by atomic mass is 10.0. The van der Waals surface area contributed by atoms with Gasteiger partial charge >= 0.3 is 17.9 Å². The minimum atomic E-state index is -1.47. The monoisotopic (exact) mass is 1490 g/mol. The second-order valence-corrected chi connectivity index (χ2v) is 27.1. The molecule has 105 heavy (non-hydrogen) atoms. The molecule has 0 saturated carbocycles. The Bertz CT molecular complexity index is 3450. The normalized spacial score (nSPS) is 15.6. The molecular weight excluding hydrogens is 1390 g/mol. The van der Waals surface area contributed by atoms with E-state index < -0.39 is 138 Å². The van der Waals surface area contributed by atoms with Crippen molar-refractivity contribution in [2.45, 2.75) is 122 Å². The van der Waals surface area contributed by atoms with E-state index >= 15 is 0 Å². The molecule has 2 heterocycles. The molecule has 1 aliphatic rings. The average Bonchev–Trinajstić information content (AvgIpc) is 1.70. The summed E-state index contributed by atoms with van der Waals surface area (Å²) in [5.74, 6) is -11.8. The highest BCUT2D eigenvalue weighted by Crippen LogP contribution is 2.20. The predicted molar refractivity (Wildman–Crippen MR) is 388 cm³/mol. The van der Waals surface area contributed by atoms with Gasteiger partial charge < -0.3 is 95.4 Å². The fraction of sp³-hybridized carbons (Fsp3) is 0.559. The van der Waals surface area contributed by atoms with E-state index in [1.807, 2.05) is 20.1 Å². The second-order valence-electron chi connectivity index (χ2n) is 26.1. The first-order valence-electron chi connectivity index (χ1n) is 34.4. The van der Waals surface area contributed by atoms with Crippen molar-refractivity contribution < 1.29 is 87.2 Å². The highest BCUT2D eigenvalue weighted by molar-refractivity contribution is 7.98. The highest BCUT2D eigenvalue weighted by Gasteiger charge is 2.34. The number of rotatable bonds is 43. The molecule has 0 aliphatic carbocycles. The molecule has 0 bridgehead atoms. The van der Waals surface area contributed by atoms with Crippen molar-refractivity contribution in [1.29, 1.82) is 0 Å². The van der Waals surface area contributed by atoms with Crippen LogP contribution in [0.3, 0.4) is 0 Å². The van der Waals surface area contributed by atoms with Gasteiger partial charge in [0.05, 0.1) is 32.7 Å². The van der Waals surface area contributed by atoms with Gasteiger partial charge in [-0.05, 0) is 79.4 Å². The molecule has 11 amide bonds. The van der Waals surface area contributed by atoms with Gasteiger partial charge in [-0.15, -0.1) is 0 Å². The first kappa shape index (κ1) is 87.3. The summed E-state index contributed by atoms with van der Waals surface area (Å²) in [6, 6.07) is 4.34. The summed E-state index contributed by atoms with van der Waals surface area (Å²) >= 11 is 1.45. The van der Waals surface area contributed by atoms with E-state index in [-0.39, 0.29) is 141 Å².